The van der Waals surface area contributed by atoms with Crippen molar-refractivity contribution < 1.29 is 9.53 Å². The molecule has 0 aliphatic heterocycles. The average molecular weight is 451 g/mol. The zero-order chi connectivity index (χ0) is 22.5. The van der Waals surface area contributed by atoms with Crippen LogP contribution in [0.4, 0.5) is 5.69 Å². The van der Waals surface area contributed by atoms with Crippen LogP contribution in [0.2, 0.25) is 0 Å². The van der Waals surface area contributed by atoms with Gasteiger partial charge in [-0.25, -0.2) is 0 Å². The van der Waals surface area contributed by atoms with E-state index in [0.717, 1.165) is 40.8 Å². The number of anilines is 1. The van der Waals surface area contributed by atoms with E-state index in [2.05, 4.69) is 14.8 Å². The molecule has 4 rings (SSSR count). The van der Waals surface area contributed by atoms with Crippen molar-refractivity contribution in [3.63, 3.8) is 0 Å². The molecule has 2 aromatic carbocycles. The third-order valence-electron chi connectivity index (χ3n) is 6.06. The summed E-state index contributed by atoms with van der Waals surface area (Å²) >= 11 is 1.49. The first-order valence-electron chi connectivity index (χ1n) is 11.2. The second-order valence-electron chi connectivity index (χ2n) is 8.19. The van der Waals surface area contributed by atoms with Gasteiger partial charge in [-0.15, -0.1) is 10.2 Å². The molecule has 168 valence electrons. The van der Waals surface area contributed by atoms with E-state index in [1.807, 2.05) is 68.6 Å². The zero-order valence-electron chi connectivity index (χ0n) is 18.9. The van der Waals surface area contributed by atoms with Crippen LogP contribution in [0.25, 0.3) is 11.4 Å². The molecule has 3 aromatic rings. The first kappa shape index (κ1) is 22.4. The van der Waals surface area contributed by atoms with E-state index in [0.29, 0.717) is 6.04 Å². The van der Waals surface area contributed by atoms with Crippen LogP contribution in [-0.4, -0.2) is 40.1 Å². The monoisotopic (exact) mass is 450 g/mol. The van der Waals surface area contributed by atoms with E-state index in [9.17, 15) is 4.79 Å². The number of hydrogen-bond donors (Lipinski definition) is 0. The molecule has 0 saturated heterocycles. The first-order chi connectivity index (χ1) is 15.6. The van der Waals surface area contributed by atoms with Crippen molar-refractivity contribution in [1.82, 2.24) is 14.8 Å². The Morgan fingerprint density at radius 3 is 2.41 bits per heavy atom. The predicted molar refractivity (Wildman–Crippen MR) is 129 cm³/mol. The zero-order valence-corrected chi connectivity index (χ0v) is 19.7. The Balaban J connectivity index is 1.61. The van der Waals surface area contributed by atoms with Gasteiger partial charge in [-0.1, -0.05) is 49.2 Å². The van der Waals surface area contributed by atoms with Crippen LogP contribution in [-0.2, 0) is 4.79 Å². The molecule has 1 aliphatic rings. The number of benzene rings is 2. The number of thioether (sulfide) groups is 1. The predicted octanol–water partition coefficient (Wildman–Crippen LogP) is 5.60. The number of para-hydroxylation sites is 1. The summed E-state index contributed by atoms with van der Waals surface area (Å²) in [6.45, 7) is 1.94. The second kappa shape index (κ2) is 10.2. The Morgan fingerprint density at radius 2 is 1.75 bits per heavy atom. The van der Waals surface area contributed by atoms with Crippen LogP contribution in [0, 0.1) is 0 Å². The minimum atomic E-state index is -0.282. The van der Waals surface area contributed by atoms with Crippen molar-refractivity contribution in [3.05, 3.63) is 54.6 Å². The van der Waals surface area contributed by atoms with E-state index in [1.54, 1.807) is 12.0 Å². The molecule has 6 nitrogen and oxygen atoms in total. The van der Waals surface area contributed by atoms with Crippen molar-refractivity contribution >= 4 is 23.4 Å². The number of nitrogens with zero attached hydrogens (tertiary/aromatic N) is 4. The second-order valence-corrected chi connectivity index (χ2v) is 9.50. The van der Waals surface area contributed by atoms with Gasteiger partial charge in [0.05, 0.1) is 12.4 Å². The highest BCUT2D eigenvalue weighted by Gasteiger charge is 2.27. The highest BCUT2D eigenvalue weighted by molar-refractivity contribution is 8.00. The van der Waals surface area contributed by atoms with Gasteiger partial charge in [0.1, 0.15) is 5.75 Å². The number of carbonyl (C=O) groups excluding carboxylic acids is 1. The van der Waals surface area contributed by atoms with Crippen molar-refractivity contribution in [2.75, 3.05) is 19.1 Å². The lowest BCUT2D eigenvalue weighted by molar-refractivity contribution is -0.117. The highest BCUT2D eigenvalue weighted by atomic mass is 32.2. The topological polar surface area (TPSA) is 60.3 Å². The Kier molecular flexibility index (Phi) is 7.15. The number of rotatable bonds is 7. The molecule has 1 amide bonds. The standard InChI is InChI=1S/C25H30N4O2S/c1-18(24(30)28(2)20-10-6-4-7-11-20)32-25-27-26-23(19-14-16-22(31-3)17-15-19)29(25)21-12-8-5-9-13-21/h4,6-7,10-11,14-18,21H,5,8-9,12-13H2,1-3H3. The van der Waals surface area contributed by atoms with E-state index < -0.39 is 0 Å². The van der Waals surface area contributed by atoms with Gasteiger partial charge < -0.3 is 9.64 Å². The summed E-state index contributed by atoms with van der Waals surface area (Å²) in [5.74, 6) is 1.72. The fourth-order valence-corrected chi connectivity index (χ4v) is 5.24. The molecular formula is C25H30N4O2S. The van der Waals surface area contributed by atoms with Crippen molar-refractivity contribution in [1.29, 1.82) is 0 Å². The summed E-state index contributed by atoms with van der Waals surface area (Å²) in [5, 5.41) is 9.63. The number of aromatic nitrogens is 3. The van der Waals surface area contributed by atoms with Crippen LogP contribution in [0.1, 0.15) is 45.1 Å². The largest absolute Gasteiger partial charge is 0.497 e. The number of hydrogen-bond acceptors (Lipinski definition) is 5. The lowest BCUT2D eigenvalue weighted by atomic mass is 9.95. The van der Waals surface area contributed by atoms with E-state index >= 15 is 0 Å². The quantitative estimate of drug-likeness (QED) is 0.438. The molecule has 0 bridgehead atoms. The normalized spacial score (nSPS) is 15.3. The van der Waals surface area contributed by atoms with Gasteiger partial charge >= 0.3 is 0 Å². The third-order valence-corrected chi connectivity index (χ3v) is 7.10. The molecule has 1 fully saturated rings. The molecule has 0 radical (unpaired) electrons. The van der Waals surface area contributed by atoms with Crippen molar-refractivity contribution in [2.45, 2.75) is 55.5 Å². The summed E-state index contributed by atoms with van der Waals surface area (Å²) in [6.07, 6.45) is 5.91. The Bertz CT molecular complexity index is 1030. The smallest absolute Gasteiger partial charge is 0.240 e. The van der Waals surface area contributed by atoms with Crippen LogP contribution < -0.4 is 9.64 Å². The lowest BCUT2D eigenvalue weighted by Crippen LogP contribution is -2.33. The molecule has 1 aliphatic carbocycles. The lowest BCUT2D eigenvalue weighted by Gasteiger charge is -2.26. The summed E-state index contributed by atoms with van der Waals surface area (Å²) < 4.78 is 7.57. The summed E-state index contributed by atoms with van der Waals surface area (Å²) in [6, 6.07) is 18.0. The molecular weight excluding hydrogens is 420 g/mol. The van der Waals surface area contributed by atoms with Gasteiger partial charge in [0.15, 0.2) is 11.0 Å². The Morgan fingerprint density at radius 1 is 1.06 bits per heavy atom. The Hall–Kier alpha value is -2.80. The number of amides is 1. The van der Waals surface area contributed by atoms with E-state index in [-0.39, 0.29) is 11.2 Å². The summed E-state index contributed by atoms with van der Waals surface area (Å²) in [4.78, 5) is 14.8. The van der Waals surface area contributed by atoms with Gasteiger partial charge in [0.2, 0.25) is 5.91 Å². The maximum absolute atomic E-state index is 13.1. The average Bonchev–Trinajstić information content (AvgIpc) is 3.27. The maximum atomic E-state index is 13.1. The summed E-state index contributed by atoms with van der Waals surface area (Å²) in [5.41, 5.74) is 1.90. The van der Waals surface area contributed by atoms with Crippen molar-refractivity contribution in [3.8, 4) is 17.1 Å². The van der Waals surface area contributed by atoms with Crippen LogP contribution in [0.3, 0.4) is 0 Å². The fourth-order valence-electron chi connectivity index (χ4n) is 4.22. The van der Waals surface area contributed by atoms with E-state index in [4.69, 9.17) is 4.74 Å². The molecule has 1 saturated carbocycles. The third kappa shape index (κ3) is 4.83. The Labute approximate surface area is 194 Å². The molecule has 7 heteroatoms. The number of carbonyl (C=O) groups is 1. The van der Waals surface area contributed by atoms with Gasteiger partial charge in [-0.2, -0.15) is 0 Å². The minimum absolute atomic E-state index is 0.0467. The van der Waals surface area contributed by atoms with Gasteiger partial charge in [-0.05, 0) is 56.2 Å². The first-order valence-corrected chi connectivity index (χ1v) is 12.0. The van der Waals surface area contributed by atoms with Crippen LogP contribution >= 0.6 is 11.8 Å². The van der Waals surface area contributed by atoms with Gasteiger partial charge in [0, 0.05) is 24.3 Å². The highest BCUT2D eigenvalue weighted by Crippen LogP contribution is 2.37. The van der Waals surface area contributed by atoms with Crippen LogP contribution in [0.15, 0.2) is 59.8 Å². The fraction of sp³-hybridized carbons (Fsp3) is 0.400. The van der Waals surface area contributed by atoms with Gasteiger partial charge in [0.25, 0.3) is 0 Å². The molecule has 1 unspecified atom stereocenters. The van der Waals surface area contributed by atoms with Gasteiger partial charge in [-0.3, -0.25) is 9.36 Å². The minimum Gasteiger partial charge on any atom is -0.497 e. The number of methoxy groups -OCH3 is 1. The van der Waals surface area contributed by atoms with E-state index in [1.165, 1.54) is 31.0 Å². The molecule has 1 atom stereocenters. The number of ether oxygens (including phenoxy) is 1. The molecule has 1 aromatic heterocycles. The molecule has 0 spiro atoms. The summed E-state index contributed by atoms with van der Waals surface area (Å²) in [7, 11) is 3.49. The van der Waals surface area contributed by atoms with Crippen molar-refractivity contribution in [2.24, 2.45) is 0 Å². The SMILES string of the molecule is COc1ccc(-c2nnc(SC(C)C(=O)N(C)c3ccccc3)n2C2CCCCC2)cc1. The van der Waals surface area contributed by atoms with Crippen LogP contribution in [0.5, 0.6) is 5.75 Å². The molecule has 32 heavy (non-hydrogen) atoms. The molecule has 1 heterocycles. The maximum Gasteiger partial charge on any atom is 0.240 e. The molecule has 0 N–H and O–H groups in total.